The zero-order chi connectivity index (χ0) is 13.7. The van der Waals surface area contributed by atoms with E-state index in [-0.39, 0.29) is 0 Å². The molecule has 2 N–H and O–H groups in total. The molecule has 1 aromatic rings. The predicted octanol–water partition coefficient (Wildman–Crippen LogP) is 1.93. The van der Waals surface area contributed by atoms with E-state index in [1.165, 1.54) is 24.9 Å². The number of benzene rings is 1. The van der Waals surface area contributed by atoms with Gasteiger partial charge in [0.25, 0.3) is 0 Å². The smallest absolute Gasteiger partial charge is 0.0236 e. The summed E-state index contributed by atoms with van der Waals surface area (Å²) in [6.45, 7) is 6.39. The second kappa shape index (κ2) is 7.04. The summed E-state index contributed by atoms with van der Waals surface area (Å²) in [7, 11) is 2.21. The van der Waals surface area contributed by atoms with E-state index in [9.17, 15) is 0 Å². The molecular weight excluding hydrogens is 234 g/mol. The molecule has 1 saturated heterocycles. The average molecular weight is 261 g/mol. The third-order valence-corrected chi connectivity index (χ3v) is 4.32. The SMILES string of the molecule is CC1CC(N(C)CCN)CCN1Cc1ccccc1. The third kappa shape index (κ3) is 4.03. The zero-order valence-electron chi connectivity index (χ0n) is 12.3. The molecule has 2 unspecified atom stereocenters. The van der Waals surface area contributed by atoms with Crippen molar-refractivity contribution in [2.45, 2.75) is 38.4 Å². The van der Waals surface area contributed by atoms with E-state index < -0.39 is 0 Å². The fourth-order valence-corrected chi connectivity index (χ4v) is 3.04. The van der Waals surface area contributed by atoms with Gasteiger partial charge in [0.1, 0.15) is 0 Å². The highest BCUT2D eigenvalue weighted by Gasteiger charge is 2.27. The number of rotatable bonds is 5. The maximum absolute atomic E-state index is 5.65. The van der Waals surface area contributed by atoms with Crippen LogP contribution in [0.25, 0.3) is 0 Å². The fourth-order valence-electron chi connectivity index (χ4n) is 3.04. The summed E-state index contributed by atoms with van der Waals surface area (Å²) in [6, 6.07) is 12.1. The van der Waals surface area contributed by atoms with Crippen molar-refractivity contribution in [3.05, 3.63) is 35.9 Å². The normalized spacial score (nSPS) is 24.8. The lowest BCUT2D eigenvalue weighted by Crippen LogP contribution is -2.48. The molecule has 1 aliphatic heterocycles. The quantitative estimate of drug-likeness (QED) is 0.879. The van der Waals surface area contributed by atoms with Crippen LogP contribution in [0.1, 0.15) is 25.3 Å². The van der Waals surface area contributed by atoms with E-state index >= 15 is 0 Å². The number of hydrogen-bond donors (Lipinski definition) is 1. The van der Waals surface area contributed by atoms with Gasteiger partial charge in [-0.05, 0) is 32.4 Å². The summed E-state index contributed by atoms with van der Waals surface area (Å²) in [5.74, 6) is 0. The Labute approximate surface area is 117 Å². The minimum atomic E-state index is 0.652. The summed E-state index contributed by atoms with van der Waals surface area (Å²) in [6.07, 6.45) is 2.51. The first-order chi connectivity index (χ1) is 9.20. The monoisotopic (exact) mass is 261 g/mol. The van der Waals surface area contributed by atoms with Gasteiger partial charge in [0, 0.05) is 38.3 Å². The molecule has 0 radical (unpaired) electrons. The van der Waals surface area contributed by atoms with Crippen LogP contribution in [0.4, 0.5) is 0 Å². The van der Waals surface area contributed by atoms with Gasteiger partial charge in [-0.15, -0.1) is 0 Å². The average Bonchev–Trinajstić information content (AvgIpc) is 2.42. The molecule has 3 heteroatoms. The first kappa shape index (κ1) is 14.5. The zero-order valence-corrected chi connectivity index (χ0v) is 12.3. The lowest BCUT2D eigenvalue weighted by atomic mass is 9.96. The molecule has 1 aliphatic rings. The summed E-state index contributed by atoms with van der Waals surface area (Å²) >= 11 is 0. The molecule has 0 spiro atoms. The van der Waals surface area contributed by atoms with Gasteiger partial charge in [-0.2, -0.15) is 0 Å². The van der Waals surface area contributed by atoms with Gasteiger partial charge in [-0.3, -0.25) is 4.90 Å². The summed E-state index contributed by atoms with van der Waals surface area (Å²) in [4.78, 5) is 5.03. The second-order valence-electron chi connectivity index (χ2n) is 5.75. The Morgan fingerprint density at radius 1 is 1.32 bits per heavy atom. The topological polar surface area (TPSA) is 32.5 Å². The van der Waals surface area contributed by atoms with Gasteiger partial charge in [-0.25, -0.2) is 0 Å². The van der Waals surface area contributed by atoms with Crippen molar-refractivity contribution in [3.63, 3.8) is 0 Å². The van der Waals surface area contributed by atoms with Crippen LogP contribution in [0.3, 0.4) is 0 Å². The highest BCUT2D eigenvalue weighted by Crippen LogP contribution is 2.22. The third-order valence-electron chi connectivity index (χ3n) is 4.32. The molecule has 106 valence electrons. The standard InChI is InChI=1S/C16H27N3/c1-14-12-16(18(2)11-9-17)8-10-19(14)13-15-6-4-3-5-7-15/h3-7,14,16H,8-13,17H2,1-2H3. The number of piperidine rings is 1. The molecule has 0 bridgehead atoms. The fraction of sp³-hybridized carbons (Fsp3) is 0.625. The van der Waals surface area contributed by atoms with E-state index in [0.717, 1.165) is 19.6 Å². The van der Waals surface area contributed by atoms with E-state index in [1.54, 1.807) is 0 Å². The molecular formula is C16H27N3. The van der Waals surface area contributed by atoms with Gasteiger partial charge >= 0.3 is 0 Å². The molecule has 1 heterocycles. The van der Waals surface area contributed by atoms with Crippen molar-refractivity contribution in [3.8, 4) is 0 Å². The lowest BCUT2D eigenvalue weighted by Gasteiger charge is -2.41. The van der Waals surface area contributed by atoms with Crippen molar-refractivity contribution in [1.29, 1.82) is 0 Å². The van der Waals surface area contributed by atoms with Gasteiger partial charge in [0.2, 0.25) is 0 Å². The van der Waals surface area contributed by atoms with Crippen LogP contribution in [0.15, 0.2) is 30.3 Å². The molecule has 2 rings (SSSR count). The van der Waals surface area contributed by atoms with Crippen LogP contribution in [-0.2, 0) is 6.54 Å². The lowest BCUT2D eigenvalue weighted by molar-refractivity contribution is 0.0818. The molecule has 3 nitrogen and oxygen atoms in total. The second-order valence-corrected chi connectivity index (χ2v) is 5.75. The summed E-state index contributed by atoms with van der Waals surface area (Å²) in [5.41, 5.74) is 7.07. The van der Waals surface area contributed by atoms with Gasteiger partial charge in [-0.1, -0.05) is 30.3 Å². The molecule has 2 atom stereocenters. The van der Waals surface area contributed by atoms with Crippen molar-refractivity contribution in [2.24, 2.45) is 5.73 Å². The van der Waals surface area contributed by atoms with Gasteiger partial charge in [0.15, 0.2) is 0 Å². The van der Waals surface area contributed by atoms with E-state index in [2.05, 4.69) is 54.1 Å². The van der Waals surface area contributed by atoms with Gasteiger partial charge in [0.05, 0.1) is 0 Å². The van der Waals surface area contributed by atoms with E-state index in [4.69, 9.17) is 5.73 Å². The number of nitrogens with zero attached hydrogens (tertiary/aromatic N) is 2. The first-order valence-corrected chi connectivity index (χ1v) is 7.39. The Morgan fingerprint density at radius 2 is 2.05 bits per heavy atom. The van der Waals surface area contributed by atoms with Crippen LogP contribution in [0.5, 0.6) is 0 Å². The largest absolute Gasteiger partial charge is 0.329 e. The first-order valence-electron chi connectivity index (χ1n) is 7.39. The Kier molecular flexibility index (Phi) is 5.37. The van der Waals surface area contributed by atoms with Crippen molar-refractivity contribution in [1.82, 2.24) is 9.80 Å². The Bertz CT molecular complexity index is 366. The Balaban J connectivity index is 1.87. The van der Waals surface area contributed by atoms with E-state index in [0.29, 0.717) is 12.1 Å². The van der Waals surface area contributed by atoms with Crippen LogP contribution >= 0.6 is 0 Å². The molecule has 0 saturated carbocycles. The van der Waals surface area contributed by atoms with Crippen LogP contribution < -0.4 is 5.73 Å². The van der Waals surface area contributed by atoms with E-state index in [1.807, 2.05) is 0 Å². The number of likely N-dealkylation sites (tertiary alicyclic amines) is 1. The Hall–Kier alpha value is -0.900. The highest BCUT2D eigenvalue weighted by atomic mass is 15.2. The summed E-state index contributed by atoms with van der Waals surface area (Å²) < 4.78 is 0. The molecule has 0 aliphatic carbocycles. The minimum absolute atomic E-state index is 0.652. The maximum Gasteiger partial charge on any atom is 0.0236 e. The molecule has 0 aromatic heterocycles. The molecule has 1 aromatic carbocycles. The van der Waals surface area contributed by atoms with Crippen LogP contribution in [0.2, 0.25) is 0 Å². The highest BCUT2D eigenvalue weighted by molar-refractivity contribution is 5.14. The van der Waals surface area contributed by atoms with Crippen molar-refractivity contribution >= 4 is 0 Å². The minimum Gasteiger partial charge on any atom is -0.329 e. The number of likely N-dealkylation sites (N-methyl/N-ethyl adjacent to an activating group) is 1. The van der Waals surface area contributed by atoms with Crippen LogP contribution in [0, 0.1) is 0 Å². The summed E-state index contributed by atoms with van der Waals surface area (Å²) in [5, 5.41) is 0. The number of nitrogens with two attached hydrogens (primary N) is 1. The number of hydrogen-bond acceptors (Lipinski definition) is 3. The predicted molar refractivity (Wildman–Crippen MR) is 81.0 cm³/mol. The maximum atomic E-state index is 5.65. The van der Waals surface area contributed by atoms with Crippen LogP contribution in [-0.4, -0.2) is 48.6 Å². The van der Waals surface area contributed by atoms with Gasteiger partial charge < -0.3 is 10.6 Å². The molecule has 19 heavy (non-hydrogen) atoms. The molecule has 0 amide bonds. The van der Waals surface area contributed by atoms with Crippen molar-refractivity contribution < 1.29 is 0 Å². The Morgan fingerprint density at radius 3 is 2.68 bits per heavy atom. The molecule has 1 fully saturated rings. The van der Waals surface area contributed by atoms with Crippen molar-refractivity contribution in [2.75, 3.05) is 26.7 Å².